The lowest BCUT2D eigenvalue weighted by atomic mass is 9.96. The van der Waals surface area contributed by atoms with Crippen molar-refractivity contribution in [1.82, 2.24) is 14.6 Å². The summed E-state index contributed by atoms with van der Waals surface area (Å²) in [5.74, 6) is -0.418. The van der Waals surface area contributed by atoms with Gasteiger partial charge in [0.25, 0.3) is 5.56 Å². The van der Waals surface area contributed by atoms with E-state index in [9.17, 15) is 24.1 Å². The summed E-state index contributed by atoms with van der Waals surface area (Å²) in [7, 11) is -4.32. The maximum atomic E-state index is 14.3. The first-order valence-corrected chi connectivity index (χ1v) is 15.8. The van der Waals surface area contributed by atoms with Crippen LogP contribution in [0.15, 0.2) is 94.6 Å². The van der Waals surface area contributed by atoms with Crippen LogP contribution in [-0.4, -0.2) is 45.5 Å². The van der Waals surface area contributed by atoms with Gasteiger partial charge in [-0.05, 0) is 36.8 Å². The van der Waals surface area contributed by atoms with Crippen molar-refractivity contribution in [3.05, 3.63) is 111 Å². The number of fused-ring (bicyclic) bond motifs is 1. The van der Waals surface area contributed by atoms with Crippen molar-refractivity contribution in [1.29, 1.82) is 0 Å². The summed E-state index contributed by atoms with van der Waals surface area (Å²) in [5.41, 5.74) is -1.20. The number of aromatic amines is 1. The zero-order valence-electron chi connectivity index (χ0n) is 23.8. The number of aliphatic hydroxyl groups excluding tert-OH is 1. The van der Waals surface area contributed by atoms with Crippen LogP contribution < -0.4 is 20.9 Å². The van der Waals surface area contributed by atoms with E-state index in [1.807, 2.05) is 54.6 Å². The van der Waals surface area contributed by atoms with Crippen molar-refractivity contribution in [3.63, 3.8) is 0 Å². The largest absolute Gasteiger partial charge is 0.460 e. The first kappa shape index (κ1) is 30.0. The second-order valence-corrected chi connectivity index (χ2v) is 12.7. The molecule has 0 amide bonds. The molecule has 1 aliphatic carbocycles. The van der Waals surface area contributed by atoms with E-state index in [2.05, 4.69) is 10.1 Å². The van der Waals surface area contributed by atoms with E-state index in [0.29, 0.717) is 18.2 Å². The Kier molecular flexibility index (Phi) is 8.28. The fourth-order valence-electron chi connectivity index (χ4n) is 5.47. The van der Waals surface area contributed by atoms with Crippen LogP contribution >= 0.6 is 7.75 Å². The fraction of sp³-hybridized carbons (Fsp3) is 0.323. The maximum absolute atomic E-state index is 14.3. The Morgan fingerprint density at radius 2 is 1.82 bits per heavy atom. The number of ether oxygens (including phenoxy) is 2. The summed E-state index contributed by atoms with van der Waals surface area (Å²) in [6.07, 6.45) is -0.450. The highest BCUT2D eigenvalue weighted by Crippen LogP contribution is 2.62. The summed E-state index contributed by atoms with van der Waals surface area (Å²) in [4.78, 5) is 39.2. The van der Waals surface area contributed by atoms with Crippen LogP contribution in [-0.2, 0) is 30.0 Å². The predicted octanol–water partition coefficient (Wildman–Crippen LogP) is 3.65. The van der Waals surface area contributed by atoms with Gasteiger partial charge in [-0.2, -0.15) is 5.09 Å². The van der Waals surface area contributed by atoms with Gasteiger partial charge in [-0.1, -0.05) is 66.7 Å². The predicted molar refractivity (Wildman–Crippen MR) is 160 cm³/mol. The van der Waals surface area contributed by atoms with Crippen LogP contribution in [0, 0.1) is 5.41 Å². The van der Waals surface area contributed by atoms with Gasteiger partial charge < -0.3 is 19.1 Å². The SMILES string of the molecule is C[C@@H](NP(=O)(OC[C@H]1O[C@@H](n2ccc(=O)[nH]c2=O)C2(CC2)[C@@H]1O)Oc1cccc2ccccc12)C(=O)OCc1ccccc1. The molecule has 1 aliphatic heterocycles. The number of nitrogens with one attached hydrogen (secondary N) is 2. The molecule has 1 saturated carbocycles. The molecule has 1 spiro atoms. The number of carbonyl (C=O) groups excluding carboxylic acids is 1. The Labute approximate surface area is 252 Å². The molecular formula is C31H32N3O9P. The number of H-pyrrole nitrogens is 1. The van der Waals surface area contributed by atoms with Crippen LogP contribution in [0.5, 0.6) is 5.75 Å². The number of benzene rings is 3. The zero-order valence-corrected chi connectivity index (χ0v) is 24.7. The number of hydrogen-bond donors (Lipinski definition) is 3. The van der Waals surface area contributed by atoms with Crippen molar-refractivity contribution < 1.29 is 33.0 Å². The summed E-state index contributed by atoms with van der Waals surface area (Å²) < 4.78 is 38.9. The molecule has 230 valence electrons. The number of aliphatic hydroxyl groups is 1. The molecule has 0 radical (unpaired) electrons. The van der Waals surface area contributed by atoms with Gasteiger partial charge in [0.1, 0.15) is 30.7 Å². The Balaban J connectivity index is 1.22. The lowest BCUT2D eigenvalue weighted by Gasteiger charge is -2.25. The standard InChI is InChI=1S/C31H32N3O9P/c1-20(28(37)40-18-21-8-3-2-4-9-21)33-44(39,43-24-13-7-11-22-10-5-6-12-23(22)24)41-19-25-27(36)31(15-16-31)29(42-25)34-17-14-26(35)32-30(34)38/h2-14,17,20,25,27,29,36H,15-16,18-19H2,1H3,(H,33,39)(H,32,35,38)/t20-,25-,27-,29-,44?/m1/s1. The molecule has 1 saturated heterocycles. The third-order valence-electron chi connectivity index (χ3n) is 7.97. The Morgan fingerprint density at radius 3 is 2.57 bits per heavy atom. The van der Waals surface area contributed by atoms with Gasteiger partial charge in [-0.25, -0.2) is 9.36 Å². The molecule has 13 heteroatoms. The third kappa shape index (κ3) is 6.12. The van der Waals surface area contributed by atoms with Gasteiger partial charge >= 0.3 is 19.4 Å². The van der Waals surface area contributed by atoms with E-state index in [0.717, 1.165) is 10.9 Å². The number of rotatable bonds is 11. The van der Waals surface area contributed by atoms with E-state index in [1.54, 1.807) is 18.2 Å². The first-order chi connectivity index (χ1) is 21.2. The van der Waals surface area contributed by atoms with Crippen molar-refractivity contribution in [3.8, 4) is 5.75 Å². The Morgan fingerprint density at radius 1 is 1.09 bits per heavy atom. The monoisotopic (exact) mass is 621 g/mol. The van der Waals surface area contributed by atoms with Gasteiger partial charge in [0.2, 0.25) is 0 Å². The quantitative estimate of drug-likeness (QED) is 0.167. The minimum absolute atomic E-state index is 0.0245. The van der Waals surface area contributed by atoms with Gasteiger partial charge in [-0.15, -0.1) is 0 Å². The molecule has 12 nitrogen and oxygen atoms in total. The van der Waals surface area contributed by atoms with Crippen LogP contribution in [0.3, 0.4) is 0 Å². The van der Waals surface area contributed by atoms with Crippen LogP contribution in [0.25, 0.3) is 10.8 Å². The van der Waals surface area contributed by atoms with Crippen molar-refractivity contribution >= 4 is 24.5 Å². The lowest BCUT2D eigenvalue weighted by Crippen LogP contribution is -2.37. The molecule has 2 heterocycles. The molecular weight excluding hydrogens is 589 g/mol. The molecule has 2 aliphatic rings. The maximum Gasteiger partial charge on any atom is 0.459 e. The van der Waals surface area contributed by atoms with E-state index in [1.165, 1.54) is 23.8 Å². The molecule has 1 unspecified atom stereocenters. The second-order valence-electron chi connectivity index (χ2n) is 11.0. The molecule has 44 heavy (non-hydrogen) atoms. The minimum Gasteiger partial charge on any atom is -0.460 e. The van der Waals surface area contributed by atoms with Crippen molar-refractivity contribution in [2.45, 2.75) is 50.8 Å². The molecule has 0 bridgehead atoms. The molecule has 6 rings (SSSR count). The summed E-state index contributed by atoms with van der Waals surface area (Å²) in [6.45, 7) is 1.11. The molecule has 2 fully saturated rings. The Bertz CT molecular complexity index is 1820. The highest BCUT2D eigenvalue weighted by molar-refractivity contribution is 7.52. The number of carbonyl (C=O) groups is 1. The average molecular weight is 622 g/mol. The molecule has 1 aromatic heterocycles. The number of nitrogens with zero attached hydrogens (tertiary/aromatic N) is 1. The van der Waals surface area contributed by atoms with Crippen molar-refractivity contribution in [2.24, 2.45) is 5.41 Å². The molecule has 5 atom stereocenters. The molecule has 3 aromatic carbocycles. The van der Waals surface area contributed by atoms with Gasteiger partial charge in [0.15, 0.2) is 0 Å². The number of esters is 1. The number of aromatic nitrogens is 2. The highest BCUT2D eigenvalue weighted by atomic mass is 31.2. The fourth-order valence-corrected chi connectivity index (χ4v) is 6.99. The second kappa shape index (κ2) is 12.1. The summed E-state index contributed by atoms with van der Waals surface area (Å²) >= 11 is 0. The number of hydrogen-bond acceptors (Lipinski definition) is 9. The van der Waals surface area contributed by atoms with E-state index in [-0.39, 0.29) is 12.4 Å². The average Bonchev–Trinajstić information content (AvgIpc) is 3.78. The molecule has 4 aromatic rings. The third-order valence-corrected chi connectivity index (χ3v) is 9.60. The van der Waals surface area contributed by atoms with Crippen LogP contribution in [0.1, 0.15) is 31.6 Å². The summed E-state index contributed by atoms with van der Waals surface area (Å²) in [5, 5.41) is 15.4. The van der Waals surface area contributed by atoms with E-state index < -0.39 is 61.5 Å². The van der Waals surface area contributed by atoms with Crippen LogP contribution in [0.4, 0.5) is 0 Å². The zero-order chi connectivity index (χ0) is 30.9. The normalized spacial score (nSPS) is 22.4. The van der Waals surface area contributed by atoms with E-state index in [4.69, 9.17) is 18.5 Å². The smallest absolute Gasteiger partial charge is 0.459 e. The van der Waals surface area contributed by atoms with Gasteiger partial charge in [0, 0.05) is 23.1 Å². The topological polar surface area (TPSA) is 158 Å². The highest BCUT2D eigenvalue weighted by Gasteiger charge is 2.64. The van der Waals surface area contributed by atoms with Crippen LogP contribution in [0.2, 0.25) is 0 Å². The molecule has 3 N–H and O–H groups in total. The van der Waals surface area contributed by atoms with Crippen molar-refractivity contribution in [2.75, 3.05) is 6.61 Å². The summed E-state index contributed by atoms with van der Waals surface area (Å²) in [6, 6.07) is 21.9. The van der Waals surface area contributed by atoms with Gasteiger partial charge in [0.05, 0.1) is 12.7 Å². The first-order valence-electron chi connectivity index (χ1n) is 14.2. The minimum atomic E-state index is -4.32. The lowest BCUT2D eigenvalue weighted by molar-refractivity contribution is -0.146. The van der Waals surface area contributed by atoms with Gasteiger partial charge in [-0.3, -0.25) is 23.7 Å². The van der Waals surface area contributed by atoms with E-state index >= 15 is 0 Å². The Hall–Kier alpha value is -4.06.